The van der Waals surface area contributed by atoms with Crippen LogP contribution in [0, 0.1) is 0 Å². The fourth-order valence-electron chi connectivity index (χ4n) is 2.50. The number of rotatable bonds is 4. The van der Waals surface area contributed by atoms with Crippen molar-refractivity contribution in [1.29, 1.82) is 0 Å². The molecular weight excluding hydrogens is 320 g/mol. The molecule has 0 unspecified atom stereocenters. The lowest BCUT2D eigenvalue weighted by Gasteiger charge is -2.25. The van der Waals surface area contributed by atoms with Crippen molar-refractivity contribution >= 4 is 25.8 Å². The van der Waals surface area contributed by atoms with Gasteiger partial charge in [0.05, 0.1) is 4.75 Å². The number of sulfone groups is 1. The molecule has 1 heterocycles. The zero-order chi connectivity index (χ0) is 13.2. The normalized spacial score (nSPS) is 30.1. The van der Waals surface area contributed by atoms with Crippen molar-refractivity contribution in [3.8, 4) is 0 Å². The van der Waals surface area contributed by atoms with E-state index in [2.05, 4.69) is 15.9 Å². The second-order valence-corrected chi connectivity index (χ2v) is 9.13. The Morgan fingerprint density at radius 3 is 2.22 bits per heavy atom. The van der Waals surface area contributed by atoms with Gasteiger partial charge in [-0.3, -0.25) is 0 Å². The minimum atomic E-state index is -3.22. The first-order valence-electron chi connectivity index (χ1n) is 6.16. The van der Waals surface area contributed by atoms with E-state index in [9.17, 15) is 8.42 Å². The maximum Gasteiger partial charge on any atom is 0.244 e. The third-order valence-corrected chi connectivity index (χ3v) is 8.87. The summed E-state index contributed by atoms with van der Waals surface area (Å²) in [6, 6.07) is 0. The van der Waals surface area contributed by atoms with Gasteiger partial charge in [0.2, 0.25) is 5.79 Å². The Bertz CT molecular complexity index is 512. The summed E-state index contributed by atoms with van der Waals surface area (Å²) in [4.78, 5) is 0. The maximum atomic E-state index is 12.8. The van der Waals surface area contributed by atoms with E-state index >= 15 is 0 Å². The second kappa shape index (κ2) is 3.45. The monoisotopic (exact) mass is 336 g/mol. The first kappa shape index (κ1) is 12.8. The summed E-state index contributed by atoms with van der Waals surface area (Å²) in [7, 11) is -3.22. The molecule has 2 saturated carbocycles. The summed E-state index contributed by atoms with van der Waals surface area (Å²) in [5.74, 6) is -0.245. The highest BCUT2D eigenvalue weighted by Gasteiger charge is 2.70. The summed E-state index contributed by atoms with van der Waals surface area (Å²) in [5.41, 5.74) is 0. The van der Waals surface area contributed by atoms with Crippen LogP contribution in [0.15, 0.2) is 12.0 Å². The summed E-state index contributed by atoms with van der Waals surface area (Å²) < 4.78 is 35.3. The molecule has 0 aromatic rings. The number of hydrogen-bond donors (Lipinski definition) is 0. The molecule has 0 spiro atoms. The predicted molar refractivity (Wildman–Crippen MR) is 71.0 cm³/mol. The second-order valence-electron chi connectivity index (χ2n) is 5.92. The summed E-state index contributed by atoms with van der Waals surface area (Å²) in [6.45, 7) is 3.58. The van der Waals surface area contributed by atoms with Gasteiger partial charge in [-0.15, -0.1) is 0 Å². The lowest BCUT2D eigenvalue weighted by Crippen LogP contribution is -2.39. The van der Waals surface area contributed by atoms with E-state index in [1.54, 1.807) is 13.8 Å². The number of halogens is 1. The molecular formula is C12H17BrO4S. The molecule has 0 aromatic heterocycles. The van der Waals surface area contributed by atoms with Crippen molar-refractivity contribution < 1.29 is 17.9 Å². The van der Waals surface area contributed by atoms with Crippen molar-refractivity contribution in [2.24, 2.45) is 0 Å². The van der Waals surface area contributed by atoms with Crippen LogP contribution in [0.2, 0.25) is 0 Å². The Labute approximate surface area is 116 Å². The highest BCUT2D eigenvalue weighted by Crippen LogP contribution is 2.61. The van der Waals surface area contributed by atoms with Crippen LogP contribution in [-0.4, -0.2) is 29.0 Å². The van der Waals surface area contributed by atoms with Crippen molar-refractivity contribution in [3.05, 3.63) is 12.0 Å². The average Bonchev–Trinajstić information content (AvgIpc) is 3.18. The maximum absolute atomic E-state index is 12.8. The van der Waals surface area contributed by atoms with Gasteiger partial charge in [0.25, 0.3) is 0 Å². The standard InChI is InChI=1S/C12H17BrO4S/c1-10(2)16-7-9(17-10)12(5-6-12)18(14,15)11(8-13)3-4-11/h7H,3-6,8H2,1-2H3. The van der Waals surface area contributed by atoms with Crippen LogP contribution in [0.4, 0.5) is 0 Å². The highest BCUT2D eigenvalue weighted by atomic mass is 79.9. The Kier molecular flexibility index (Phi) is 2.45. The van der Waals surface area contributed by atoms with Gasteiger partial charge >= 0.3 is 0 Å². The van der Waals surface area contributed by atoms with Gasteiger partial charge in [-0.25, -0.2) is 8.42 Å². The Morgan fingerprint density at radius 2 is 1.89 bits per heavy atom. The molecule has 0 bridgehead atoms. The largest absolute Gasteiger partial charge is 0.457 e. The molecule has 0 N–H and O–H groups in total. The van der Waals surface area contributed by atoms with E-state index in [0.29, 0.717) is 23.9 Å². The molecule has 6 heteroatoms. The van der Waals surface area contributed by atoms with Crippen LogP contribution in [0.5, 0.6) is 0 Å². The molecule has 4 nitrogen and oxygen atoms in total. The van der Waals surface area contributed by atoms with Gasteiger partial charge in [-0.05, 0) is 25.7 Å². The molecule has 3 rings (SSSR count). The fourth-order valence-corrected chi connectivity index (χ4v) is 6.57. The summed E-state index contributed by atoms with van der Waals surface area (Å²) in [6.07, 6.45) is 4.29. The molecule has 1 aliphatic heterocycles. The van der Waals surface area contributed by atoms with Gasteiger partial charge in [-0.1, -0.05) is 15.9 Å². The molecule has 0 saturated heterocycles. The highest BCUT2D eigenvalue weighted by molar-refractivity contribution is 9.09. The molecule has 2 fully saturated rings. The Morgan fingerprint density at radius 1 is 1.28 bits per heavy atom. The molecule has 0 amide bonds. The first-order valence-corrected chi connectivity index (χ1v) is 8.77. The lowest BCUT2D eigenvalue weighted by molar-refractivity contribution is -0.117. The molecule has 0 atom stereocenters. The molecule has 18 heavy (non-hydrogen) atoms. The number of hydrogen-bond acceptors (Lipinski definition) is 4. The van der Waals surface area contributed by atoms with E-state index in [-0.39, 0.29) is 0 Å². The van der Waals surface area contributed by atoms with Crippen molar-refractivity contribution in [2.45, 2.75) is 54.8 Å². The third-order valence-electron chi connectivity index (χ3n) is 4.09. The van der Waals surface area contributed by atoms with Crippen LogP contribution in [0.1, 0.15) is 39.5 Å². The first-order chi connectivity index (χ1) is 8.29. The number of ether oxygens (including phenoxy) is 2. The number of alkyl halides is 1. The van der Waals surface area contributed by atoms with E-state index in [1.807, 2.05) is 0 Å². The quantitative estimate of drug-likeness (QED) is 0.740. The van der Waals surface area contributed by atoms with E-state index in [4.69, 9.17) is 9.47 Å². The molecule has 3 aliphatic rings. The van der Waals surface area contributed by atoms with Gasteiger partial charge in [0, 0.05) is 19.2 Å². The van der Waals surface area contributed by atoms with E-state index < -0.39 is 25.1 Å². The molecule has 0 radical (unpaired) electrons. The zero-order valence-electron chi connectivity index (χ0n) is 10.5. The van der Waals surface area contributed by atoms with E-state index in [1.165, 1.54) is 6.26 Å². The minimum Gasteiger partial charge on any atom is -0.457 e. The Balaban J connectivity index is 1.93. The summed E-state index contributed by atoms with van der Waals surface area (Å²) in [5, 5.41) is 0.515. The topological polar surface area (TPSA) is 52.6 Å². The smallest absolute Gasteiger partial charge is 0.244 e. The van der Waals surface area contributed by atoms with E-state index in [0.717, 1.165) is 12.8 Å². The predicted octanol–water partition coefficient (Wildman–Crippen LogP) is 2.49. The van der Waals surface area contributed by atoms with Crippen molar-refractivity contribution in [3.63, 3.8) is 0 Å². The van der Waals surface area contributed by atoms with Crippen LogP contribution in [-0.2, 0) is 19.3 Å². The van der Waals surface area contributed by atoms with Crippen LogP contribution < -0.4 is 0 Å². The SMILES string of the molecule is CC1(C)OC=C(C2(S(=O)(=O)C3(CBr)CC3)CC2)O1. The zero-order valence-corrected chi connectivity index (χ0v) is 12.9. The van der Waals surface area contributed by atoms with Crippen molar-refractivity contribution in [1.82, 2.24) is 0 Å². The molecule has 2 aliphatic carbocycles. The lowest BCUT2D eigenvalue weighted by atomic mass is 10.3. The van der Waals surface area contributed by atoms with Crippen LogP contribution in [0.3, 0.4) is 0 Å². The summed E-state index contributed by atoms with van der Waals surface area (Å²) >= 11 is 3.35. The third kappa shape index (κ3) is 1.51. The minimum absolute atomic E-state index is 0.500. The van der Waals surface area contributed by atoms with Gasteiger partial charge in [0.1, 0.15) is 11.0 Å². The van der Waals surface area contributed by atoms with Crippen LogP contribution in [0.25, 0.3) is 0 Å². The van der Waals surface area contributed by atoms with Gasteiger partial charge in [0.15, 0.2) is 15.6 Å². The van der Waals surface area contributed by atoms with Crippen molar-refractivity contribution in [2.75, 3.05) is 5.33 Å². The van der Waals surface area contributed by atoms with Crippen LogP contribution >= 0.6 is 15.9 Å². The molecule has 0 aromatic carbocycles. The fraction of sp³-hybridized carbons (Fsp3) is 0.833. The van der Waals surface area contributed by atoms with Gasteiger partial charge < -0.3 is 9.47 Å². The average molecular weight is 337 g/mol. The molecule has 102 valence electrons. The Hall–Kier alpha value is -0.230. The van der Waals surface area contributed by atoms with Gasteiger partial charge in [-0.2, -0.15) is 0 Å².